The SMILES string of the molecule is CC1CCCC(C)N1NC(=O)c1ccc(/C=C/C(=O)O)s1. The van der Waals surface area contributed by atoms with Crippen molar-refractivity contribution in [1.29, 1.82) is 0 Å². The van der Waals surface area contributed by atoms with E-state index < -0.39 is 5.97 Å². The first kappa shape index (κ1) is 15.7. The van der Waals surface area contributed by atoms with Gasteiger partial charge in [0.05, 0.1) is 4.88 Å². The van der Waals surface area contributed by atoms with Crippen LogP contribution in [0.4, 0.5) is 0 Å². The van der Waals surface area contributed by atoms with Gasteiger partial charge in [0.15, 0.2) is 0 Å². The fourth-order valence-corrected chi connectivity index (χ4v) is 3.33. The molecule has 114 valence electrons. The number of amides is 1. The molecule has 1 aromatic heterocycles. The van der Waals surface area contributed by atoms with Gasteiger partial charge in [-0.25, -0.2) is 9.80 Å². The number of rotatable bonds is 4. The molecular formula is C15H20N2O3S. The van der Waals surface area contributed by atoms with Crippen LogP contribution in [0.15, 0.2) is 18.2 Å². The predicted octanol–water partition coefficient (Wildman–Crippen LogP) is 2.75. The number of hydrogen-bond acceptors (Lipinski definition) is 4. The molecule has 0 spiro atoms. The highest BCUT2D eigenvalue weighted by Gasteiger charge is 2.26. The van der Waals surface area contributed by atoms with E-state index in [2.05, 4.69) is 19.3 Å². The summed E-state index contributed by atoms with van der Waals surface area (Å²) in [6, 6.07) is 4.15. The van der Waals surface area contributed by atoms with Crippen LogP contribution < -0.4 is 5.43 Å². The summed E-state index contributed by atoms with van der Waals surface area (Å²) in [5.74, 6) is -1.12. The number of hydrazine groups is 1. The monoisotopic (exact) mass is 308 g/mol. The molecule has 1 aromatic rings. The van der Waals surface area contributed by atoms with Gasteiger partial charge in [-0.05, 0) is 44.9 Å². The molecule has 1 amide bonds. The van der Waals surface area contributed by atoms with Gasteiger partial charge in [0, 0.05) is 23.0 Å². The van der Waals surface area contributed by atoms with Crippen molar-refractivity contribution in [3.05, 3.63) is 28.0 Å². The second-order valence-electron chi connectivity index (χ2n) is 5.35. The lowest BCUT2D eigenvalue weighted by Gasteiger charge is -2.38. The Labute approximate surface area is 128 Å². The highest BCUT2D eigenvalue weighted by molar-refractivity contribution is 7.14. The zero-order chi connectivity index (χ0) is 15.4. The van der Waals surface area contributed by atoms with Crippen molar-refractivity contribution in [1.82, 2.24) is 10.4 Å². The molecule has 1 fully saturated rings. The van der Waals surface area contributed by atoms with Crippen molar-refractivity contribution < 1.29 is 14.7 Å². The van der Waals surface area contributed by atoms with Gasteiger partial charge < -0.3 is 5.11 Å². The lowest BCUT2D eigenvalue weighted by molar-refractivity contribution is -0.131. The van der Waals surface area contributed by atoms with Gasteiger partial charge in [-0.1, -0.05) is 6.42 Å². The number of carbonyl (C=O) groups is 2. The second kappa shape index (κ2) is 6.87. The normalized spacial score (nSPS) is 23.3. The van der Waals surface area contributed by atoms with Crippen LogP contribution in [0, 0.1) is 0 Å². The maximum absolute atomic E-state index is 12.3. The van der Waals surface area contributed by atoms with E-state index in [-0.39, 0.29) is 5.91 Å². The summed E-state index contributed by atoms with van der Waals surface area (Å²) in [5, 5.41) is 10.6. The first-order chi connectivity index (χ1) is 9.97. The van der Waals surface area contributed by atoms with Crippen molar-refractivity contribution in [3.63, 3.8) is 0 Å². The Morgan fingerprint density at radius 2 is 2.00 bits per heavy atom. The number of nitrogens with zero attached hydrogens (tertiary/aromatic N) is 1. The maximum Gasteiger partial charge on any atom is 0.328 e. The van der Waals surface area contributed by atoms with Crippen molar-refractivity contribution in [3.8, 4) is 0 Å². The number of aliphatic carboxylic acids is 1. The third kappa shape index (κ3) is 4.15. The average molecular weight is 308 g/mol. The summed E-state index contributed by atoms with van der Waals surface area (Å²) in [4.78, 5) is 24.1. The number of piperidine rings is 1. The van der Waals surface area contributed by atoms with Crippen LogP contribution in [-0.2, 0) is 4.79 Å². The molecule has 0 saturated carbocycles. The van der Waals surface area contributed by atoms with E-state index in [9.17, 15) is 9.59 Å². The molecule has 0 aromatic carbocycles. The zero-order valence-electron chi connectivity index (χ0n) is 12.2. The van der Waals surface area contributed by atoms with E-state index in [0.717, 1.165) is 23.8 Å². The van der Waals surface area contributed by atoms with Crippen LogP contribution >= 0.6 is 11.3 Å². The minimum absolute atomic E-state index is 0.129. The minimum Gasteiger partial charge on any atom is -0.478 e. The Kier molecular flexibility index (Phi) is 5.14. The summed E-state index contributed by atoms with van der Waals surface area (Å²) < 4.78 is 0. The van der Waals surface area contributed by atoms with Crippen LogP contribution in [0.25, 0.3) is 6.08 Å². The first-order valence-electron chi connectivity index (χ1n) is 7.07. The average Bonchev–Trinajstić information content (AvgIpc) is 2.89. The number of hydrogen-bond donors (Lipinski definition) is 2. The predicted molar refractivity (Wildman–Crippen MR) is 83.1 cm³/mol. The molecule has 2 atom stereocenters. The second-order valence-corrected chi connectivity index (χ2v) is 6.47. The minimum atomic E-state index is -0.995. The maximum atomic E-state index is 12.3. The molecule has 2 heterocycles. The van der Waals surface area contributed by atoms with Gasteiger partial charge in [0.25, 0.3) is 5.91 Å². The van der Waals surface area contributed by atoms with E-state index in [0.29, 0.717) is 17.0 Å². The smallest absolute Gasteiger partial charge is 0.328 e. The van der Waals surface area contributed by atoms with Gasteiger partial charge in [0.1, 0.15) is 0 Å². The molecule has 21 heavy (non-hydrogen) atoms. The summed E-state index contributed by atoms with van der Waals surface area (Å²) >= 11 is 1.29. The first-order valence-corrected chi connectivity index (χ1v) is 7.89. The standard InChI is InChI=1S/C15H20N2O3S/c1-10-4-3-5-11(2)17(10)16-15(20)13-8-6-12(21-13)7-9-14(18)19/h6-11H,3-5H2,1-2H3,(H,16,20)(H,18,19)/b9-7+. The van der Waals surface area contributed by atoms with Crippen LogP contribution in [0.1, 0.15) is 47.7 Å². The Balaban J connectivity index is 2.01. The van der Waals surface area contributed by atoms with E-state index in [1.165, 1.54) is 23.8 Å². The van der Waals surface area contributed by atoms with Gasteiger partial charge in [-0.15, -0.1) is 11.3 Å². The molecule has 2 N–H and O–H groups in total. The number of thiophene rings is 1. The molecule has 0 radical (unpaired) electrons. The van der Waals surface area contributed by atoms with Crippen LogP contribution in [0.3, 0.4) is 0 Å². The summed E-state index contributed by atoms with van der Waals surface area (Å²) in [7, 11) is 0. The third-order valence-corrected chi connectivity index (χ3v) is 4.71. The highest BCUT2D eigenvalue weighted by Crippen LogP contribution is 2.22. The molecule has 6 heteroatoms. The Morgan fingerprint density at radius 1 is 1.33 bits per heavy atom. The molecule has 2 unspecified atom stereocenters. The Bertz CT molecular complexity index is 543. The van der Waals surface area contributed by atoms with Crippen LogP contribution in [0.2, 0.25) is 0 Å². The number of carbonyl (C=O) groups excluding carboxylic acids is 1. The number of nitrogens with one attached hydrogen (secondary N) is 1. The summed E-state index contributed by atoms with van der Waals surface area (Å²) in [6.07, 6.45) is 5.93. The summed E-state index contributed by atoms with van der Waals surface area (Å²) in [6.45, 7) is 4.23. The Hall–Kier alpha value is -1.66. The lowest BCUT2D eigenvalue weighted by Crippen LogP contribution is -2.53. The van der Waals surface area contributed by atoms with Crippen molar-refractivity contribution in [2.24, 2.45) is 0 Å². The lowest BCUT2D eigenvalue weighted by atomic mass is 10.00. The van der Waals surface area contributed by atoms with Crippen LogP contribution in [-0.4, -0.2) is 34.1 Å². The summed E-state index contributed by atoms with van der Waals surface area (Å²) in [5.41, 5.74) is 2.98. The highest BCUT2D eigenvalue weighted by atomic mass is 32.1. The van der Waals surface area contributed by atoms with Gasteiger partial charge in [0.2, 0.25) is 0 Å². The fraction of sp³-hybridized carbons (Fsp3) is 0.467. The fourth-order valence-electron chi connectivity index (χ4n) is 2.53. The van der Waals surface area contributed by atoms with E-state index in [1.54, 1.807) is 12.1 Å². The van der Waals surface area contributed by atoms with E-state index in [4.69, 9.17) is 5.11 Å². The topological polar surface area (TPSA) is 69.6 Å². The van der Waals surface area contributed by atoms with Crippen molar-refractivity contribution >= 4 is 29.3 Å². The van der Waals surface area contributed by atoms with Crippen LogP contribution in [0.5, 0.6) is 0 Å². The molecular weight excluding hydrogens is 288 g/mol. The van der Waals surface area contributed by atoms with Gasteiger partial charge in [-0.3, -0.25) is 10.2 Å². The molecule has 1 saturated heterocycles. The van der Waals surface area contributed by atoms with Gasteiger partial charge >= 0.3 is 5.97 Å². The number of carboxylic acid groups (broad SMARTS) is 1. The quantitative estimate of drug-likeness (QED) is 0.839. The molecule has 2 rings (SSSR count). The molecule has 0 bridgehead atoms. The number of carboxylic acids is 1. The molecule has 1 aliphatic heterocycles. The van der Waals surface area contributed by atoms with E-state index >= 15 is 0 Å². The van der Waals surface area contributed by atoms with Crippen molar-refractivity contribution in [2.45, 2.75) is 45.2 Å². The Morgan fingerprint density at radius 3 is 2.62 bits per heavy atom. The molecule has 0 aliphatic carbocycles. The molecule has 5 nitrogen and oxygen atoms in total. The van der Waals surface area contributed by atoms with E-state index in [1.807, 2.05) is 5.01 Å². The third-order valence-electron chi connectivity index (χ3n) is 3.66. The zero-order valence-corrected chi connectivity index (χ0v) is 13.0. The largest absolute Gasteiger partial charge is 0.478 e. The van der Waals surface area contributed by atoms with Gasteiger partial charge in [-0.2, -0.15) is 0 Å². The van der Waals surface area contributed by atoms with Crippen molar-refractivity contribution in [2.75, 3.05) is 0 Å². The molecule has 1 aliphatic rings.